The summed E-state index contributed by atoms with van der Waals surface area (Å²) in [6, 6.07) is 0. The highest BCUT2D eigenvalue weighted by molar-refractivity contribution is 7.16. The lowest BCUT2D eigenvalue weighted by Gasteiger charge is -1.95. The van der Waals surface area contributed by atoms with E-state index in [4.69, 9.17) is 0 Å². The van der Waals surface area contributed by atoms with E-state index in [1.54, 1.807) is 18.6 Å². The van der Waals surface area contributed by atoms with E-state index >= 15 is 0 Å². The zero-order valence-electron chi connectivity index (χ0n) is 7.47. The van der Waals surface area contributed by atoms with E-state index in [0.29, 0.717) is 5.01 Å². The van der Waals surface area contributed by atoms with Crippen molar-refractivity contribution in [3.8, 4) is 10.6 Å². The minimum atomic E-state index is 0.461. The zero-order valence-corrected chi connectivity index (χ0v) is 8.28. The summed E-state index contributed by atoms with van der Waals surface area (Å²) in [5, 5.41) is 0.461. The van der Waals surface area contributed by atoms with Gasteiger partial charge in [0.25, 0.3) is 0 Å². The largest absolute Gasteiger partial charge is 0.295 e. The Hall–Kier alpha value is -1.62. The van der Waals surface area contributed by atoms with Crippen LogP contribution in [-0.4, -0.2) is 21.2 Å². The van der Waals surface area contributed by atoms with Crippen molar-refractivity contribution in [2.75, 3.05) is 0 Å². The van der Waals surface area contributed by atoms with E-state index in [1.807, 2.05) is 6.92 Å². The summed E-state index contributed by atoms with van der Waals surface area (Å²) in [7, 11) is 0. The topological polar surface area (TPSA) is 55.7 Å². The second kappa shape index (κ2) is 3.63. The van der Waals surface area contributed by atoms with Crippen molar-refractivity contribution in [1.82, 2.24) is 15.0 Å². The predicted molar refractivity (Wildman–Crippen MR) is 53.3 cm³/mol. The van der Waals surface area contributed by atoms with Gasteiger partial charge in [-0.1, -0.05) is 0 Å². The Morgan fingerprint density at radius 1 is 1.36 bits per heavy atom. The van der Waals surface area contributed by atoms with Gasteiger partial charge in [-0.3, -0.25) is 9.78 Å². The number of hydrogen-bond acceptors (Lipinski definition) is 5. The molecule has 0 saturated carbocycles. The Balaban J connectivity index is 2.43. The number of carbonyl (C=O) groups is 1. The van der Waals surface area contributed by atoms with Crippen LogP contribution in [0, 0.1) is 6.92 Å². The van der Waals surface area contributed by atoms with Crippen molar-refractivity contribution in [3.63, 3.8) is 0 Å². The summed E-state index contributed by atoms with van der Waals surface area (Å²) in [4.78, 5) is 23.5. The highest BCUT2D eigenvalue weighted by Crippen LogP contribution is 2.22. The Kier molecular flexibility index (Phi) is 2.32. The van der Waals surface area contributed by atoms with E-state index < -0.39 is 0 Å². The van der Waals surface area contributed by atoms with Gasteiger partial charge in [-0.25, -0.2) is 9.97 Å². The van der Waals surface area contributed by atoms with E-state index in [9.17, 15) is 4.79 Å². The number of carbonyl (C=O) groups excluding carboxylic acids is 1. The molecule has 2 aromatic rings. The maximum atomic E-state index is 10.4. The summed E-state index contributed by atoms with van der Waals surface area (Å²) in [5.74, 6) is 0. The third-order valence-corrected chi connectivity index (χ3v) is 2.58. The number of rotatable bonds is 2. The van der Waals surface area contributed by atoms with Crippen molar-refractivity contribution < 1.29 is 4.79 Å². The van der Waals surface area contributed by atoms with Gasteiger partial charge in [0.15, 0.2) is 11.3 Å². The third-order valence-electron chi connectivity index (χ3n) is 1.63. The van der Waals surface area contributed by atoms with E-state index in [0.717, 1.165) is 22.6 Å². The number of thiazole rings is 1. The fourth-order valence-corrected chi connectivity index (χ4v) is 1.73. The molecule has 0 N–H and O–H groups in total. The standard InChI is InChI=1S/C9H7N3OS/c1-6-2-10-3-7(12-6)8-4-11-9(5-13)14-8/h2-5H,1H3. The van der Waals surface area contributed by atoms with Gasteiger partial charge in [0, 0.05) is 12.4 Å². The molecule has 0 aromatic carbocycles. The molecule has 0 amide bonds. The van der Waals surface area contributed by atoms with Gasteiger partial charge in [-0.05, 0) is 6.92 Å². The summed E-state index contributed by atoms with van der Waals surface area (Å²) in [6.45, 7) is 1.87. The minimum absolute atomic E-state index is 0.461. The molecule has 0 unspecified atom stereocenters. The van der Waals surface area contributed by atoms with E-state index in [-0.39, 0.29) is 0 Å². The molecule has 4 nitrogen and oxygen atoms in total. The molecule has 0 atom stereocenters. The first kappa shape index (κ1) is 8.96. The van der Waals surface area contributed by atoms with Gasteiger partial charge in [0.05, 0.1) is 16.8 Å². The molecule has 0 aliphatic carbocycles. The zero-order chi connectivity index (χ0) is 9.97. The van der Waals surface area contributed by atoms with Gasteiger partial charge >= 0.3 is 0 Å². The van der Waals surface area contributed by atoms with E-state index in [1.165, 1.54) is 11.3 Å². The molecule has 0 fully saturated rings. The monoisotopic (exact) mass is 205 g/mol. The normalized spacial score (nSPS) is 10.1. The van der Waals surface area contributed by atoms with Crippen molar-refractivity contribution >= 4 is 17.6 Å². The Bertz CT molecular complexity index is 467. The lowest BCUT2D eigenvalue weighted by molar-refractivity contribution is 0.112. The fraction of sp³-hybridized carbons (Fsp3) is 0.111. The highest BCUT2D eigenvalue weighted by Gasteiger charge is 2.05. The Labute approximate surface area is 84.7 Å². The molecule has 70 valence electrons. The maximum absolute atomic E-state index is 10.4. The minimum Gasteiger partial charge on any atom is -0.295 e. The molecule has 0 aliphatic heterocycles. The van der Waals surface area contributed by atoms with Gasteiger partial charge in [-0.15, -0.1) is 11.3 Å². The first-order valence-electron chi connectivity index (χ1n) is 3.99. The molecule has 0 bridgehead atoms. The van der Waals surface area contributed by atoms with Crippen LogP contribution in [0.4, 0.5) is 0 Å². The predicted octanol–water partition coefficient (Wildman–Crippen LogP) is 1.72. The molecule has 5 heteroatoms. The number of aromatic nitrogens is 3. The number of aryl methyl sites for hydroxylation is 1. The summed E-state index contributed by atoms with van der Waals surface area (Å²) >= 11 is 1.31. The molecule has 0 radical (unpaired) electrons. The fourth-order valence-electron chi connectivity index (χ4n) is 1.04. The summed E-state index contributed by atoms with van der Waals surface area (Å²) in [6.07, 6.45) is 5.72. The Morgan fingerprint density at radius 2 is 2.21 bits per heavy atom. The van der Waals surface area contributed by atoms with Crippen LogP contribution in [0.2, 0.25) is 0 Å². The van der Waals surface area contributed by atoms with Gasteiger partial charge in [-0.2, -0.15) is 0 Å². The van der Waals surface area contributed by atoms with Crippen LogP contribution in [0.3, 0.4) is 0 Å². The quantitative estimate of drug-likeness (QED) is 0.700. The molecular weight excluding hydrogens is 198 g/mol. The Morgan fingerprint density at radius 3 is 2.86 bits per heavy atom. The van der Waals surface area contributed by atoms with Crippen LogP contribution >= 0.6 is 11.3 Å². The first-order chi connectivity index (χ1) is 6.79. The molecule has 0 saturated heterocycles. The average Bonchev–Trinajstić information content (AvgIpc) is 2.66. The molecule has 14 heavy (non-hydrogen) atoms. The number of nitrogens with zero attached hydrogens (tertiary/aromatic N) is 3. The first-order valence-corrected chi connectivity index (χ1v) is 4.81. The molecule has 2 rings (SSSR count). The van der Waals surface area contributed by atoms with Crippen LogP contribution in [-0.2, 0) is 0 Å². The molecule has 2 heterocycles. The molecule has 2 aromatic heterocycles. The molecule has 0 aliphatic rings. The van der Waals surface area contributed by atoms with Gasteiger partial charge < -0.3 is 0 Å². The van der Waals surface area contributed by atoms with Crippen LogP contribution in [0.25, 0.3) is 10.6 Å². The molecular formula is C9H7N3OS. The second-order valence-corrected chi connectivity index (χ2v) is 3.79. The summed E-state index contributed by atoms with van der Waals surface area (Å²) < 4.78 is 0. The van der Waals surface area contributed by atoms with Crippen LogP contribution in [0.5, 0.6) is 0 Å². The number of aldehydes is 1. The lowest BCUT2D eigenvalue weighted by Crippen LogP contribution is -1.86. The van der Waals surface area contributed by atoms with Crippen molar-refractivity contribution in [2.45, 2.75) is 6.92 Å². The highest BCUT2D eigenvalue weighted by atomic mass is 32.1. The molecule has 0 spiro atoms. The van der Waals surface area contributed by atoms with Crippen LogP contribution < -0.4 is 0 Å². The van der Waals surface area contributed by atoms with Crippen LogP contribution in [0.1, 0.15) is 15.5 Å². The van der Waals surface area contributed by atoms with Crippen molar-refractivity contribution in [1.29, 1.82) is 0 Å². The second-order valence-electron chi connectivity index (χ2n) is 2.73. The number of hydrogen-bond donors (Lipinski definition) is 0. The third kappa shape index (κ3) is 1.67. The van der Waals surface area contributed by atoms with Gasteiger partial charge in [0.2, 0.25) is 0 Å². The smallest absolute Gasteiger partial charge is 0.178 e. The van der Waals surface area contributed by atoms with E-state index in [2.05, 4.69) is 15.0 Å². The van der Waals surface area contributed by atoms with Crippen molar-refractivity contribution in [2.24, 2.45) is 0 Å². The van der Waals surface area contributed by atoms with Gasteiger partial charge in [0.1, 0.15) is 5.69 Å². The average molecular weight is 205 g/mol. The lowest BCUT2D eigenvalue weighted by atomic mass is 10.4. The van der Waals surface area contributed by atoms with Crippen LogP contribution in [0.15, 0.2) is 18.6 Å². The van der Waals surface area contributed by atoms with Crippen molar-refractivity contribution in [3.05, 3.63) is 29.3 Å². The summed E-state index contributed by atoms with van der Waals surface area (Å²) in [5.41, 5.74) is 1.61. The maximum Gasteiger partial charge on any atom is 0.178 e. The SMILES string of the molecule is Cc1cncc(-c2cnc(C=O)s2)n1.